The number of ether oxygens (including phenoxy) is 1. The zero-order valence-electron chi connectivity index (χ0n) is 18.6. The molecule has 2 atom stereocenters. The van der Waals surface area contributed by atoms with Crippen molar-refractivity contribution in [2.75, 3.05) is 19.7 Å². The number of aliphatic hydroxyl groups excluding tert-OH is 3. The summed E-state index contributed by atoms with van der Waals surface area (Å²) in [5, 5.41) is 33.4. The van der Waals surface area contributed by atoms with Crippen LogP contribution in [0.15, 0.2) is 103 Å². The normalized spacial score (nSPS) is 14.0. The fourth-order valence-corrected chi connectivity index (χ4v) is 2.92. The fourth-order valence-electron chi connectivity index (χ4n) is 2.92. The summed E-state index contributed by atoms with van der Waals surface area (Å²) in [5.41, 5.74) is 3.14. The highest BCUT2D eigenvalue weighted by Gasteiger charge is 2.09. The van der Waals surface area contributed by atoms with Gasteiger partial charge in [0, 0.05) is 6.54 Å². The van der Waals surface area contributed by atoms with Gasteiger partial charge in [-0.2, -0.15) is 0 Å². The van der Waals surface area contributed by atoms with E-state index in [4.69, 9.17) is 4.74 Å². The van der Waals surface area contributed by atoms with Gasteiger partial charge in [-0.15, -0.1) is 0 Å². The zero-order valence-corrected chi connectivity index (χ0v) is 18.6. The average Bonchev–Trinajstić information content (AvgIpc) is 2.81. The van der Waals surface area contributed by atoms with E-state index in [0.717, 1.165) is 17.5 Å². The molecule has 0 radical (unpaired) electrons. The third-order valence-corrected chi connectivity index (χ3v) is 4.94. The van der Waals surface area contributed by atoms with E-state index in [2.05, 4.69) is 18.5 Å². The minimum Gasteiger partial charge on any atom is -0.508 e. The Morgan fingerprint density at radius 1 is 1.06 bits per heavy atom. The Bertz CT molecular complexity index is 916. The van der Waals surface area contributed by atoms with Crippen molar-refractivity contribution in [1.82, 2.24) is 5.32 Å². The van der Waals surface area contributed by atoms with Crippen molar-refractivity contribution >= 4 is 0 Å². The third kappa shape index (κ3) is 8.55. The molecular formula is C27H33NO4. The van der Waals surface area contributed by atoms with Crippen molar-refractivity contribution in [3.05, 3.63) is 114 Å². The van der Waals surface area contributed by atoms with Gasteiger partial charge in [0.1, 0.15) is 24.2 Å². The first-order chi connectivity index (χ1) is 15.4. The fraction of sp³-hybridized carbons (Fsp3) is 0.259. The average molecular weight is 436 g/mol. The van der Waals surface area contributed by atoms with Crippen LogP contribution >= 0.6 is 0 Å². The lowest BCUT2D eigenvalue weighted by Crippen LogP contribution is -2.29. The molecule has 0 saturated heterocycles. The molecule has 170 valence electrons. The third-order valence-electron chi connectivity index (χ3n) is 4.94. The van der Waals surface area contributed by atoms with Crippen LogP contribution in [-0.2, 0) is 6.42 Å². The molecule has 0 heterocycles. The molecule has 0 aromatic heterocycles. The van der Waals surface area contributed by atoms with E-state index < -0.39 is 12.2 Å². The van der Waals surface area contributed by atoms with Gasteiger partial charge in [0.15, 0.2) is 0 Å². The number of nitrogens with one attached hydrogen (secondary N) is 1. The Morgan fingerprint density at radius 3 is 2.38 bits per heavy atom. The highest BCUT2D eigenvalue weighted by Crippen LogP contribution is 2.17. The van der Waals surface area contributed by atoms with Gasteiger partial charge in [0.05, 0.1) is 6.10 Å². The van der Waals surface area contributed by atoms with Crippen LogP contribution in [0.1, 0.15) is 24.2 Å². The molecular weight excluding hydrogens is 402 g/mol. The second-order valence-corrected chi connectivity index (χ2v) is 7.55. The summed E-state index contributed by atoms with van der Waals surface area (Å²) in [5.74, 6) is 0.783. The molecule has 0 fully saturated rings. The summed E-state index contributed by atoms with van der Waals surface area (Å²) in [7, 11) is 0. The molecule has 32 heavy (non-hydrogen) atoms. The Balaban J connectivity index is 1.74. The molecule has 0 bridgehead atoms. The number of rotatable bonds is 13. The van der Waals surface area contributed by atoms with Gasteiger partial charge in [0.2, 0.25) is 0 Å². The van der Waals surface area contributed by atoms with Crippen LogP contribution in [0.3, 0.4) is 0 Å². The lowest BCUT2D eigenvalue weighted by Gasteiger charge is -2.14. The molecule has 0 saturated carbocycles. The predicted octanol–water partition coefficient (Wildman–Crippen LogP) is 4.42. The molecule has 5 nitrogen and oxygen atoms in total. The largest absolute Gasteiger partial charge is 0.508 e. The first kappa shape index (κ1) is 25.1. The van der Waals surface area contributed by atoms with Crippen LogP contribution < -0.4 is 10.1 Å². The Morgan fingerprint density at radius 2 is 1.75 bits per heavy atom. The van der Waals surface area contributed by atoms with E-state index in [-0.39, 0.29) is 12.4 Å². The van der Waals surface area contributed by atoms with Gasteiger partial charge in [-0.3, -0.25) is 0 Å². The van der Waals surface area contributed by atoms with E-state index >= 15 is 0 Å². The van der Waals surface area contributed by atoms with E-state index in [0.29, 0.717) is 30.0 Å². The summed E-state index contributed by atoms with van der Waals surface area (Å²) in [6.45, 7) is 10.3. The van der Waals surface area contributed by atoms with Crippen molar-refractivity contribution in [3.8, 4) is 5.75 Å². The summed E-state index contributed by atoms with van der Waals surface area (Å²) in [4.78, 5) is 0. The summed E-state index contributed by atoms with van der Waals surface area (Å²) < 4.78 is 5.69. The maximum Gasteiger partial charge on any atom is 0.119 e. The zero-order chi connectivity index (χ0) is 23.3. The Hall–Kier alpha value is -3.12. The maximum atomic E-state index is 10.3. The quantitative estimate of drug-likeness (QED) is 0.213. The highest BCUT2D eigenvalue weighted by atomic mass is 16.5. The standard InChI is InChI=1S/C27H33NO4/c1-4-22(12-15-25(29)20(2)3)26(30)18-28-17-16-21-10-13-24(14-11-21)32-19-27(31)23-8-6-5-7-9-23/h4-15,26-31H,1-2,16-19H2,3H3/b22-12+,25-15+/t26-,27-/m0/s1. The lowest BCUT2D eigenvalue weighted by molar-refractivity contribution is 0.108. The van der Waals surface area contributed by atoms with E-state index in [1.807, 2.05) is 54.6 Å². The molecule has 0 aliphatic carbocycles. The molecule has 5 heteroatoms. The molecule has 0 aliphatic heterocycles. The Kier molecular flexibility index (Phi) is 10.5. The van der Waals surface area contributed by atoms with Gasteiger partial charge in [-0.1, -0.05) is 67.8 Å². The topological polar surface area (TPSA) is 82.0 Å². The number of allylic oxidation sites excluding steroid dienone is 3. The summed E-state index contributed by atoms with van der Waals surface area (Å²) >= 11 is 0. The summed E-state index contributed by atoms with van der Waals surface area (Å²) in [6.07, 6.45) is 4.11. The smallest absolute Gasteiger partial charge is 0.119 e. The number of benzene rings is 2. The molecule has 2 aromatic rings. The Labute approximate surface area is 190 Å². The van der Waals surface area contributed by atoms with Crippen LogP contribution in [0.5, 0.6) is 5.75 Å². The number of hydrogen-bond donors (Lipinski definition) is 4. The number of hydrogen-bond acceptors (Lipinski definition) is 5. The monoisotopic (exact) mass is 435 g/mol. The van der Waals surface area contributed by atoms with Gasteiger partial charge >= 0.3 is 0 Å². The first-order valence-corrected chi connectivity index (χ1v) is 10.6. The minimum atomic E-state index is -0.728. The van der Waals surface area contributed by atoms with Crippen molar-refractivity contribution < 1.29 is 20.1 Å². The molecule has 2 rings (SSSR count). The molecule has 0 spiro atoms. The second-order valence-electron chi connectivity index (χ2n) is 7.55. The van der Waals surface area contributed by atoms with Crippen LogP contribution in [0.4, 0.5) is 0 Å². The van der Waals surface area contributed by atoms with Gasteiger partial charge in [-0.25, -0.2) is 0 Å². The van der Waals surface area contributed by atoms with Crippen LogP contribution in [0.25, 0.3) is 0 Å². The molecule has 0 unspecified atom stereocenters. The molecule has 0 aliphatic rings. The second kappa shape index (κ2) is 13.3. The first-order valence-electron chi connectivity index (χ1n) is 10.6. The molecule has 2 aromatic carbocycles. The van der Waals surface area contributed by atoms with Crippen LogP contribution in [0, 0.1) is 0 Å². The lowest BCUT2D eigenvalue weighted by atomic mass is 10.1. The van der Waals surface area contributed by atoms with Crippen molar-refractivity contribution in [2.24, 2.45) is 0 Å². The van der Waals surface area contributed by atoms with E-state index in [9.17, 15) is 15.3 Å². The highest BCUT2D eigenvalue weighted by molar-refractivity contribution is 5.31. The van der Waals surface area contributed by atoms with E-state index in [1.54, 1.807) is 19.1 Å². The van der Waals surface area contributed by atoms with Crippen molar-refractivity contribution in [1.29, 1.82) is 0 Å². The maximum absolute atomic E-state index is 10.3. The van der Waals surface area contributed by atoms with Gasteiger partial charge in [0.25, 0.3) is 0 Å². The SMILES string of the molecule is C=C/C(=C\C=C(\O)C(=C)C)[C@@H](O)CNCCc1ccc(OC[C@H](O)c2ccccc2)cc1. The van der Waals surface area contributed by atoms with Crippen LogP contribution in [0.2, 0.25) is 0 Å². The molecule has 0 amide bonds. The van der Waals surface area contributed by atoms with Gasteiger partial charge < -0.3 is 25.4 Å². The van der Waals surface area contributed by atoms with Crippen LogP contribution in [-0.4, -0.2) is 41.1 Å². The predicted molar refractivity (Wildman–Crippen MR) is 130 cm³/mol. The van der Waals surface area contributed by atoms with Gasteiger partial charge in [-0.05, 0) is 60.4 Å². The van der Waals surface area contributed by atoms with Crippen molar-refractivity contribution in [2.45, 2.75) is 25.6 Å². The summed E-state index contributed by atoms with van der Waals surface area (Å²) in [6, 6.07) is 17.2. The van der Waals surface area contributed by atoms with Crippen molar-refractivity contribution in [3.63, 3.8) is 0 Å². The van der Waals surface area contributed by atoms with E-state index in [1.165, 1.54) is 6.08 Å². The molecule has 4 N–H and O–H groups in total. The minimum absolute atomic E-state index is 0.0755. The number of aliphatic hydroxyl groups is 3.